The molecule has 0 aromatic rings. The summed E-state index contributed by atoms with van der Waals surface area (Å²) in [4.78, 5) is 30.2. The fraction of sp³-hybridized carbons (Fsp3) is 0.867. The molecule has 1 fully saturated rings. The van der Waals surface area contributed by atoms with Gasteiger partial charge in [0.05, 0.1) is 5.54 Å². The molecular formula is C15H30N4O2. The number of rotatable bonds is 5. The summed E-state index contributed by atoms with van der Waals surface area (Å²) in [6, 6.07) is 0.0668. The second-order valence-electron chi connectivity index (χ2n) is 5.60. The lowest BCUT2D eigenvalue weighted by atomic mass is 9.92. The minimum Gasteiger partial charge on any atom is -0.338 e. The van der Waals surface area contributed by atoms with E-state index in [-0.39, 0.29) is 11.9 Å². The minimum atomic E-state index is -0.759. The molecule has 1 rings (SSSR count). The summed E-state index contributed by atoms with van der Waals surface area (Å²) >= 11 is 0. The first-order valence-electron chi connectivity index (χ1n) is 8.05. The Balaban J connectivity index is 2.60. The average molecular weight is 298 g/mol. The van der Waals surface area contributed by atoms with Crippen molar-refractivity contribution in [2.75, 3.05) is 39.3 Å². The van der Waals surface area contributed by atoms with Crippen molar-refractivity contribution >= 4 is 11.9 Å². The van der Waals surface area contributed by atoms with Gasteiger partial charge in [-0.15, -0.1) is 0 Å². The number of nitrogens with two attached hydrogens (primary N) is 1. The van der Waals surface area contributed by atoms with Gasteiger partial charge in [-0.2, -0.15) is 0 Å². The van der Waals surface area contributed by atoms with Crippen LogP contribution in [0.15, 0.2) is 0 Å². The number of hydrogen-bond acceptors (Lipinski definition) is 3. The van der Waals surface area contributed by atoms with E-state index >= 15 is 0 Å². The van der Waals surface area contributed by atoms with Crippen LogP contribution in [-0.2, 0) is 4.79 Å². The smallest absolute Gasteiger partial charge is 0.320 e. The average Bonchev–Trinajstić information content (AvgIpc) is 2.54. The molecule has 6 nitrogen and oxygen atoms in total. The second-order valence-corrected chi connectivity index (χ2v) is 5.60. The van der Waals surface area contributed by atoms with Gasteiger partial charge in [-0.05, 0) is 26.7 Å². The summed E-state index contributed by atoms with van der Waals surface area (Å²) in [5.41, 5.74) is 5.42. The number of urea groups is 1. The Morgan fingerprint density at radius 1 is 0.952 bits per heavy atom. The maximum Gasteiger partial charge on any atom is 0.320 e. The number of carbonyl (C=O) groups is 2. The highest BCUT2D eigenvalue weighted by Crippen LogP contribution is 2.17. The molecule has 1 aliphatic heterocycles. The summed E-state index contributed by atoms with van der Waals surface area (Å²) in [5, 5.41) is 0. The van der Waals surface area contributed by atoms with E-state index in [1.165, 1.54) is 0 Å². The van der Waals surface area contributed by atoms with Crippen LogP contribution in [0.4, 0.5) is 4.79 Å². The van der Waals surface area contributed by atoms with Gasteiger partial charge in [-0.3, -0.25) is 4.79 Å². The fourth-order valence-corrected chi connectivity index (χ4v) is 2.66. The number of amides is 3. The molecule has 1 heterocycles. The van der Waals surface area contributed by atoms with Gasteiger partial charge in [-0.1, -0.05) is 13.8 Å². The highest BCUT2D eigenvalue weighted by molar-refractivity contribution is 5.86. The van der Waals surface area contributed by atoms with Crippen molar-refractivity contribution < 1.29 is 9.59 Å². The molecule has 0 aromatic carbocycles. The number of carbonyl (C=O) groups excluding carboxylic acids is 2. The summed E-state index contributed by atoms with van der Waals surface area (Å²) in [6.07, 6.45) is 1.28. The molecule has 2 N–H and O–H groups in total. The summed E-state index contributed by atoms with van der Waals surface area (Å²) in [7, 11) is 0. The van der Waals surface area contributed by atoms with Crippen molar-refractivity contribution in [2.45, 2.75) is 46.1 Å². The Hall–Kier alpha value is -1.30. The van der Waals surface area contributed by atoms with Crippen molar-refractivity contribution in [2.24, 2.45) is 5.73 Å². The first kappa shape index (κ1) is 17.8. The summed E-state index contributed by atoms with van der Waals surface area (Å²) in [6.45, 7) is 11.6. The van der Waals surface area contributed by atoms with Crippen LogP contribution in [0.5, 0.6) is 0 Å². The monoisotopic (exact) mass is 298 g/mol. The lowest BCUT2D eigenvalue weighted by Gasteiger charge is -2.40. The Morgan fingerprint density at radius 3 is 1.76 bits per heavy atom. The van der Waals surface area contributed by atoms with Crippen molar-refractivity contribution in [3.05, 3.63) is 0 Å². The predicted molar refractivity (Wildman–Crippen MR) is 84.0 cm³/mol. The maximum atomic E-state index is 12.5. The molecule has 0 radical (unpaired) electrons. The predicted octanol–water partition coefficient (Wildman–Crippen LogP) is 1.11. The van der Waals surface area contributed by atoms with E-state index in [0.717, 1.165) is 0 Å². The molecule has 21 heavy (non-hydrogen) atoms. The normalized spacial score (nSPS) is 16.0. The lowest BCUT2D eigenvalue weighted by molar-refractivity contribution is -0.138. The van der Waals surface area contributed by atoms with Crippen molar-refractivity contribution in [3.8, 4) is 0 Å². The third-order valence-electron chi connectivity index (χ3n) is 4.56. The van der Waals surface area contributed by atoms with Gasteiger partial charge < -0.3 is 20.4 Å². The van der Waals surface area contributed by atoms with Crippen LogP contribution >= 0.6 is 0 Å². The van der Waals surface area contributed by atoms with E-state index < -0.39 is 5.54 Å². The van der Waals surface area contributed by atoms with Crippen molar-refractivity contribution in [1.82, 2.24) is 14.7 Å². The second kappa shape index (κ2) is 7.64. The molecule has 0 atom stereocenters. The zero-order valence-corrected chi connectivity index (χ0v) is 13.9. The summed E-state index contributed by atoms with van der Waals surface area (Å²) < 4.78 is 0. The SMILES string of the molecule is CCN(CC)C(=O)N1CCN(C(=O)C(N)(CC)CC)CC1. The van der Waals surface area contributed by atoms with Crippen molar-refractivity contribution in [1.29, 1.82) is 0 Å². The third kappa shape index (κ3) is 3.87. The molecular weight excluding hydrogens is 268 g/mol. The van der Waals surface area contributed by atoms with Crippen LogP contribution in [-0.4, -0.2) is 71.4 Å². The standard InChI is InChI=1S/C15H30N4O2/c1-5-15(16,6-2)13(20)18-9-11-19(12-10-18)14(21)17(7-3)8-4/h5-12,16H2,1-4H3. The van der Waals surface area contributed by atoms with Crippen LogP contribution < -0.4 is 5.73 Å². The highest BCUT2D eigenvalue weighted by Gasteiger charge is 2.36. The van der Waals surface area contributed by atoms with Crippen molar-refractivity contribution in [3.63, 3.8) is 0 Å². The van der Waals surface area contributed by atoms with Gasteiger partial charge in [0.1, 0.15) is 0 Å². The van der Waals surface area contributed by atoms with E-state index in [0.29, 0.717) is 52.1 Å². The van der Waals surface area contributed by atoms with E-state index in [2.05, 4.69) is 0 Å². The largest absolute Gasteiger partial charge is 0.338 e. The van der Waals surface area contributed by atoms with E-state index in [1.54, 1.807) is 4.90 Å². The molecule has 0 bridgehead atoms. The molecule has 0 spiro atoms. The van der Waals surface area contributed by atoms with E-state index in [9.17, 15) is 9.59 Å². The van der Waals surface area contributed by atoms with E-state index in [1.807, 2.05) is 37.5 Å². The lowest BCUT2D eigenvalue weighted by Crippen LogP contribution is -2.60. The number of nitrogens with zero attached hydrogens (tertiary/aromatic N) is 3. The third-order valence-corrected chi connectivity index (χ3v) is 4.56. The van der Waals surface area contributed by atoms with Crippen LogP contribution in [0.2, 0.25) is 0 Å². The van der Waals surface area contributed by atoms with E-state index in [4.69, 9.17) is 5.73 Å². The zero-order chi connectivity index (χ0) is 16.0. The topological polar surface area (TPSA) is 69.9 Å². The Bertz CT molecular complexity index is 357. The fourth-order valence-electron chi connectivity index (χ4n) is 2.66. The van der Waals surface area contributed by atoms with Crippen LogP contribution in [0, 0.1) is 0 Å². The van der Waals surface area contributed by atoms with Crippen LogP contribution in [0.1, 0.15) is 40.5 Å². The van der Waals surface area contributed by atoms with Gasteiger partial charge in [-0.25, -0.2) is 4.79 Å². The molecule has 6 heteroatoms. The first-order valence-corrected chi connectivity index (χ1v) is 8.05. The van der Waals surface area contributed by atoms with Gasteiger partial charge >= 0.3 is 6.03 Å². The molecule has 0 aromatic heterocycles. The molecule has 1 aliphatic rings. The molecule has 0 aliphatic carbocycles. The van der Waals surface area contributed by atoms with Gasteiger partial charge in [0.2, 0.25) is 5.91 Å². The molecule has 0 saturated carbocycles. The van der Waals surface area contributed by atoms with Crippen LogP contribution in [0.3, 0.4) is 0 Å². The molecule has 122 valence electrons. The number of hydrogen-bond donors (Lipinski definition) is 1. The Labute approximate surface area is 128 Å². The van der Waals surface area contributed by atoms with Gasteiger partial charge in [0, 0.05) is 39.3 Å². The zero-order valence-electron chi connectivity index (χ0n) is 13.9. The quantitative estimate of drug-likeness (QED) is 0.826. The molecule has 1 saturated heterocycles. The molecule has 3 amide bonds. The highest BCUT2D eigenvalue weighted by atomic mass is 16.2. The minimum absolute atomic E-state index is 0.0161. The van der Waals surface area contributed by atoms with Gasteiger partial charge in [0.15, 0.2) is 0 Å². The molecule has 0 unspecified atom stereocenters. The van der Waals surface area contributed by atoms with Gasteiger partial charge in [0.25, 0.3) is 0 Å². The Kier molecular flexibility index (Phi) is 6.45. The Morgan fingerprint density at radius 2 is 1.38 bits per heavy atom. The van der Waals surface area contributed by atoms with Crippen LogP contribution in [0.25, 0.3) is 0 Å². The maximum absolute atomic E-state index is 12.5. The number of piperazine rings is 1. The summed E-state index contributed by atoms with van der Waals surface area (Å²) in [5.74, 6) is 0.0161. The first-order chi connectivity index (χ1) is 9.93.